The van der Waals surface area contributed by atoms with Crippen LogP contribution in [0.15, 0.2) is 28.7 Å². The molecule has 0 N–H and O–H groups in total. The molecule has 0 amide bonds. The maximum absolute atomic E-state index is 12.2. The van der Waals surface area contributed by atoms with E-state index < -0.39 is 10.0 Å². The molecule has 8 heteroatoms. The summed E-state index contributed by atoms with van der Waals surface area (Å²) in [6.07, 6.45) is 3.35. The van der Waals surface area contributed by atoms with Crippen molar-refractivity contribution < 1.29 is 8.42 Å². The molecule has 1 fully saturated rings. The van der Waals surface area contributed by atoms with Gasteiger partial charge in [-0.3, -0.25) is 0 Å². The van der Waals surface area contributed by atoms with E-state index >= 15 is 0 Å². The van der Waals surface area contributed by atoms with E-state index in [9.17, 15) is 8.42 Å². The smallest absolute Gasteiger partial charge is 0.247 e. The van der Waals surface area contributed by atoms with Crippen LogP contribution in [0.25, 0.3) is 0 Å². The average Bonchev–Trinajstić information content (AvgIpc) is 2.86. The molecule has 0 saturated carbocycles. The van der Waals surface area contributed by atoms with Gasteiger partial charge < -0.3 is 0 Å². The summed E-state index contributed by atoms with van der Waals surface area (Å²) in [6.45, 7) is 2.82. The molecule has 3 rings (SSSR count). The van der Waals surface area contributed by atoms with Gasteiger partial charge in [-0.05, 0) is 19.1 Å². The Labute approximate surface area is 109 Å². The lowest BCUT2D eigenvalue weighted by molar-refractivity contribution is 0.189. The first-order valence-corrected chi connectivity index (χ1v) is 7.75. The zero-order chi connectivity index (χ0) is 12.8. The molecule has 1 aliphatic rings. The predicted octanol–water partition coefficient (Wildman–Crippen LogP) is 0.894. The highest BCUT2D eigenvalue weighted by Gasteiger charge is 2.38. The van der Waals surface area contributed by atoms with Gasteiger partial charge in [0.1, 0.15) is 4.21 Å². The Morgan fingerprint density at radius 3 is 2.72 bits per heavy atom. The van der Waals surface area contributed by atoms with Crippen LogP contribution in [0.3, 0.4) is 0 Å². The van der Waals surface area contributed by atoms with Crippen molar-refractivity contribution in [1.82, 2.24) is 19.3 Å². The molecule has 96 valence electrons. The number of hydrogen-bond donors (Lipinski definition) is 0. The molecule has 0 radical (unpaired) electrons. The summed E-state index contributed by atoms with van der Waals surface area (Å²) >= 11 is 1.31. The molecule has 0 atom stereocenters. The second kappa shape index (κ2) is 4.15. The second-order valence-electron chi connectivity index (χ2n) is 4.22. The van der Waals surface area contributed by atoms with Gasteiger partial charge in [-0.15, -0.1) is 16.4 Å². The first-order valence-electron chi connectivity index (χ1n) is 5.50. The third-order valence-corrected chi connectivity index (χ3v) is 6.25. The summed E-state index contributed by atoms with van der Waals surface area (Å²) in [7, 11) is -3.32. The van der Waals surface area contributed by atoms with Crippen LogP contribution in [0, 0.1) is 6.92 Å². The molecule has 1 saturated heterocycles. The average molecular weight is 284 g/mol. The Hall–Kier alpha value is -1.25. The Bertz CT molecular complexity index is 641. The highest BCUT2D eigenvalue weighted by atomic mass is 32.2. The van der Waals surface area contributed by atoms with Crippen LogP contribution < -0.4 is 0 Å². The molecular formula is C10H12N4O2S2. The lowest BCUT2D eigenvalue weighted by Gasteiger charge is -2.37. The fourth-order valence-electron chi connectivity index (χ4n) is 1.87. The molecule has 2 aromatic rings. The van der Waals surface area contributed by atoms with Gasteiger partial charge in [-0.2, -0.15) is 4.31 Å². The Kier molecular flexibility index (Phi) is 2.72. The lowest BCUT2D eigenvalue weighted by atomic mass is 10.2. The molecule has 1 aliphatic heterocycles. The predicted molar refractivity (Wildman–Crippen MR) is 66.9 cm³/mol. The van der Waals surface area contributed by atoms with Crippen LogP contribution >= 0.6 is 11.3 Å². The van der Waals surface area contributed by atoms with E-state index in [0.717, 1.165) is 4.88 Å². The largest absolute Gasteiger partial charge is 0.252 e. The number of aryl methyl sites for hydroxylation is 1. The van der Waals surface area contributed by atoms with Crippen molar-refractivity contribution in [3.05, 3.63) is 29.4 Å². The molecule has 3 heterocycles. The maximum atomic E-state index is 12.2. The van der Waals surface area contributed by atoms with E-state index in [1.54, 1.807) is 23.1 Å². The maximum Gasteiger partial charge on any atom is 0.252 e. The first-order chi connectivity index (χ1) is 8.57. The molecular weight excluding hydrogens is 272 g/mol. The summed E-state index contributed by atoms with van der Waals surface area (Å²) in [5, 5.41) is 7.60. The summed E-state index contributed by atoms with van der Waals surface area (Å²) in [6, 6.07) is 3.59. The van der Waals surface area contributed by atoms with Crippen molar-refractivity contribution in [3.8, 4) is 0 Å². The van der Waals surface area contributed by atoms with E-state index in [-0.39, 0.29) is 6.04 Å². The molecule has 0 aromatic carbocycles. The van der Waals surface area contributed by atoms with E-state index in [4.69, 9.17) is 0 Å². The van der Waals surface area contributed by atoms with E-state index in [1.165, 1.54) is 15.6 Å². The van der Waals surface area contributed by atoms with E-state index in [0.29, 0.717) is 17.3 Å². The Morgan fingerprint density at radius 2 is 2.17 bits per heavy atom. The fraction of sp³-hybridized carbons (Fsp3) is 0.400. The Balaban J connectivity index is 1.75. The topological polar surface area (TPSA) is 68.1 Å². The van der Waals surface area contributed by atoms with Crippen LogP contribution in [0.2, 0.25) is 0 Å². The Morgan fingerprint density at radius 1 is 1.39 bits per heavy atom. The number of aromatic nitrogens is 3. The van der Waals surface area contributed by atoms with Crippen LogP contribution in [0.1, 0.15) is 10.9 Å². The third kappa shape index (κ3) is 1.86. The molecule has 0 spiro atoms. The highest BCUT2D eigenvalue weighted by molar-refractivity contribution is 7.91. The normalized spacial score (nSPS) is 17.8. The minimum absolute atomic E-state index is 0.100. The minimum Gasteiger partial charge on any atom is -0.247 e. The quantitative estimate of drug-likeness (QED) is 0.839. The van der Waals surface area contributed by atoms with Crippen LogP contribution in [-0.2, 0) is 10.0 Å². The highest BCUT2D eigenvalue weighted by Crippen LogP contribution is 2.30. The van der Waals surface area contributed by atoms with Crippen molar-refractivity contribution in [2.45, 2.75) is 17.2 Å². The van der Waals surface area contributed by atoms with Crippen LogP contribution in [0.5, 0.6) is 0 Å². The van der Waals surface area contributed by atoms with Gasteiger partial charge in [0.2, 0.25) is 0 Å². The van der Waals surface area contributed by atoms with Gasteiger partial charge in [0, 0.05) is 24.2 Å². The number of nitrogens with zero attached hydrogens (tertiary/aromatic N) is 4. The van der Waals surface area contributed by atoms with Crippen molar-refractivity contribution in [2.75, 3.05) is 13.1 Å². The third-order valence-electron chi connectivity index (χ3n) is 2.95. The zero-order valence-electron chi connectivity index (χ0n) is 9.72. The molecule has 0 aliphatic carbocycles. The molecule has 0 bridgehead atoms. The lowest BCUT2D eigenvalue weighted by Crippen LogP contribution is -2.50. The van der Waals surface area contributed by atoms with Crippen molar-refractivity contribution >= 4 is 21.4 Å². The molecule has 0 unspecified atom stereocenters. The van der Waals surface area contributed by atoms with Crippen molar-refractivity contribution in [1.29, 1.82) is 0 Å². The number of rotatable bonds is 3. The molecule has 6 nitrogen and oxygen atoms in total. The SMILES string of the molecule is Cc1ccc(S(=O)(=O)N2CC(n3ccnn3)C2)s1. The van der Waals surface area contributed by atoms with Gasteiger partial charge in [0.25, 0.3) is 10.0 Å². The monoisotopic (exact) mass is 284 g/mol. The standard InChI is InChI=1S/C10H12N4O2S2/c1-8-2-3-10(17-8)18(15,16)13-6-9(7-13)14-5-4-11-12-14/h2-5,9H,6-7H2,1H3. The van der Waals surface area contributed by atoms with Gasteiger partial charge in [0.15, 0.2) is 0 Å². The van der Waals surface area contributed by atoms with Crippen LogP contribution in [-0.4, -0.2) is 40.8 Å². The minimum atomic E-state index is -3.32. The summed E-state index contributed by atoms with van der Waals surface area (Å²) in [5.41, 5.74) is 0. The van der Waals surface area contributed by atoms with Gasteiger partial charge in [0.05, 0.1) is 12.2 Å². The van der Waals surface area contributed by atoms with Crippen LogP contribution in [0.4, 0.5) is 0 Å². The summed E-state index contributed by atoms with van der Waals surface area (Å²) in [4.78, 5) is 1.00. The summed E-state index contributed by atoms with van der Waals surface area (Å²) < 4.78 is 28.1. The van der Waals surface area contributed by atoms with E-state index in [1.807, 2.05) is 13.0 Å². The van der Waals surface area contributed by atoms with Gasteiger partial charge >= 0.3 is 0 Å². The number of hydrogen-bond acceptors (Lipinski definition) is 5. The zero-order valence-corrected chi connectivity index (χ0v) is 11.4. The van der Waals surface area contributed by atoms with Gasteiger partial charge in [-0.1, -0.05) is 5.21 Å². The van der Waals surface area contributed by atoms with Crippen molar-refractivity contribution in [3.63, 3.8) is 0 Å². The summed E-state index contributed by atoms with van der Waals surface area (Å²) in [5.74, 6) is 0. The van der Waals surface area contributed by atoms with E-state index in [2.05, 4.69) is 10.3 Å². The van der Waals surface area contributed by atoms with Gasteiger partial charge in [-0.25, -0.2) is 13.1 Å². The number of thiophene rings is 1. The first kappa shape index (κ1) is 11.8. The number of sulfonamides is 1. The fourth-order valence-corrected chi connectivity index (χ4v) is 4.82. The second-order valence-corrected chi connectivity index (χ2v) is 7.68. The molecule has 2 aromatic heterocycles. The molecule has 18 heavy (non-hydrogen) atoms. The van der Waals surface area contributed by atoms with Crippen molar-refractivity contribution in [2.24, 2.45) is 0 Å².